The van der Waals surface area contributed by atoms with Crippen molar-refractivity contribution in [2.24, 2.45) is 0 Å². The third-order valence-corrected chi connectivity index (χ3v) is 7.00. The normalized spacial score (nSPS) is 12.7. The van der Waals surface area contributed by atoms with Crippen molar-refractivity contribution in [1.29, 1.82) is 0 Å². The molecule has 2 N–H and O–H groups in total. The van der Waals surface area contributed by atoms with Crippen LogP contribution in [0.25, 0.3) is 0 Å². The summed E-state index contributed by atoms with van der Waals surface area (Å²) in [5.74, 6) is 0.308. The molecule has 0 saturated carbocycles. The lowest BCUT2D eigenvalue weighted by atomic mass is 9.80. The van der Waals surface area contributed by atoms with E-state index >= 15 is 0 Å². The Bertz CT molecular complexity index is 941. The van der Waals surface area contributed by atoms with Gasteiger partial charge in [-0.1, -0.05) is 44.5 Å². The molecular formula is C24H31F4NO3PS+. The summed E-state index contributed by atoms with van der Waals surface area (Å²) in [5, 5.41) is 3.01. The molecule has 2 rings (SSSR count). The van der Waals surface area contributed by atoms with Gasteiger partial charge in [-0.15, -0.1) is 21.2 Å². The highest BCUT2D eigenvalue weighted by Crippen LogP contribution is 2.38. The minimum absolute atomic E-state index is 0.0968. The van der Waals surface area contributed by atoms with E-state index in [1.807, 2.05) is 19.9 Å². The third-order valence-electron chi connectivity index (χ3n) is 5.43. The molecule has 0 aliphatic heterocycles. The van der Waals surface area contributed by atoms with Gasteiger partial charge in [0.1, 0.15) is 12.4 Å². The zero-order valence-corrected chi connectivity index (χ0v) is 21.0. The van der Waals surface area contributed by atoms with E-state index in [0.717, 1.165) is 25.3 Å². The van der Waals surface area contributed by atoms with Gasteiger partial charge in [0, 0.05) is 16.0 Å². The molecule has 0 radical (unpaired) electrons. The largest absolute Gasteiger partial charge is 0.694 e. The van der Waals surface area contributed by atoms with Gasteiger partial charge < -0.3 is 5.32 Å². The topological polar surface area (TPSA) is 58.6 Å². The number of benzene rings is 2. The molecule has 0 aliphatic rings. The predicted molar refractivity (Wildman–Crippen MR) is 128 cm³/mol. The Hall–Kier alpha value is -1.51. The molecule has 2 aromatic rings. The standard InChI is InChI=1S/C24H30F4NO3PS/c1-23(2,19-8-3-4-9-21(19)25)12-5-6-15-34-22-11-10-18(16-20(22)24(26,27)28)17-29-13-7-14-32-33(30)31/h3-4,8-11,16,29H,5-7,12-15,17H2,1-2H3/p+1. The quantitative estimate of drug-likeness (QED) is 0.119. The predicted octanol–water partition coefficient (Wildman–Crippen LogP) is 7.23. The van der Waals surface area contributed by atoms with Crippen LogP contribution in [0.5, 0.6) is 0 Å². The minimum atomic E-state index is -4.45. The first-order valence-electron chi connectivity index (χ1n) is 11.1. The van der Waals surface area contributed by atoms with Crippen molar-refractivity contribution in [3.05, 3.63) is 65.0 Å². The Balaban J connectivity index is 1.85. The second-order valence-corrected chi connectivity index (χ2v) is 10.5. The Labute approximate surface area is 203 Å². The summed E-state index contributed by atoms with van der Waals surface area (Å²) in [6.07, 6.45) is -1.73. The second kappa shape index (κ2) is 13.5. The highest BCUT2D eigenvalue weighted by Gasteiger charge is 2.33. The molecule has 0 aliphatic carbocycles. The highest BCUT2D eigenvalue weighted by molar-refractivity contribution is 7.99. The number of unbranched alkanes of at least 4 members (excludes halogenated alkanes) is 1. The van der Waals surface area contributed by atoms with Crippen molar-refractivity contribution in [3.8, 4) is 0 Å². The molecule has 0 fully saturated rings. The molecule has 188 valence electrons. The number of hydrogen-bond donors (Lipinski definition) is 2. The maximum Gasteiger partial charge on any atom is 0.694 e. The van der Waals surface area contributed by atoms with Crippen molar-refractivity contribution >= 4 is 20.0 Å². The molecule has 0 saturated heterocycles. The van der Waals surface area contributed by atoms with Gasteiger partial charge in [-0.25, -0.2) is 4.39 Å². The van der Waals surface area contributed by atoms with Gasteiger partial charge >= 0.3 is 14.4 Å². The lowest BCUT2D eigenvalue weighted by Gasteiger charge is -2.25. The Kier molecular flexibility index (Phi) is 11.4. The van der Waals surface area contributed by atoms with Crippen molar-refractivity contribution in [2.75, 3.05) is 18.9 Å². The van der Waals surface area contributed by atoms with Gasteiger partial charge in [0.2, 0.25) is 0 Å². The number of hydrogen-bond acceptors (Lipinski definition) is 4. The van der Waals surface area contributed by atoms with E-state index in [1.54, 1.807) is 18.2 Å². The average Bonchev–Trinajstić information content (AvgIpc) is 2.75. The molecular weight excluding hydrogens is 489 g/mol. The van der Waals surface area contributed by atoms with E-state index in [2.05, 4.69) is 9.84 Å². The van der Waals surface area contributed by atoms with Gasteiger partial charge in [-0.3, -0.25) is 0 Å². The zero-order chi connectivity index (χ0) is 25.2. The van der Waals surface area contributed by atoms with Crippen molar-refractivity contribution in [3.63, 3.8) is 0 Å². The molecule has 34 heavy (non-hydrogen) atoms. The Morgan fingerprint density at radius 2 is 1.79 bits per heavy atom. The maximum atomic E-state index is 14.1. The molecule has 10 heteroatoms. The smallest absolute Gasteiger partial charge is 0.313 e. The molecule has 0 bridgehead atoms. The summed E-state index contributed by atoms with van der Waals surface area (Å²) in [6.45, 7) is 4.76. The Morgan fingerprint density at radius 1 is 1.06 bits per heavy atom. The molecule has 0 heterocycles. The van der Waals surface area contributed by atoms with Gasteiger partial charge in [-0.05, 0) is 66.3 Å². The van der Waals surface area contributed by atoms with E-state index in [4.69, 9.17) is 4.89 Å². The van der Waals surface area contributed by atoms with E-state index in [1.165, 1.54) is 23.9 Å². The Morgan fingerprint density at radius 3 is 2.47 bits per heavy atom. The molecule has 0 amide bonds. The van der Waals surface area contributed by atoms with Gasteiger partial charge in [0.25, 0.3) is 0 Å². The summed E-state index contributed by atoms with van der Waals surface area (Å²) in [4.78, 5) is 8.75. The van der Waals surface area contributed by atoms with E-state index in [0.29, 0.717) is 29.8 Å². The van der Waals surface area contributed by atoms with Crippen molar-refractivity contribution in [2.45, 2.75) is 62.6 Å². The average molecular weight is 521 g/mol. The number of alkyl halides is 3. The van der Waals surface area contributed by atoms with Crippen LogP contribution in [0.15, 0.2) is 47.4 Å². The minimum Gasteiger partial charge on any atom is -0.313 e. The number of nitrogens with one attached hydrogen (secondary N) is 1. The molecule has 1 atom stereocenters. The summed E-state index contributed by atoms with van der Waals surface area (Å²) in [5.41, 5.74) is 0.174. The first-order valence-corrected chi connectivity index (χ1v) is 13.2. The van der Waals surface area contributed by atoms with E-state index in [9.17, 15) is 22.1 Å². The fraction of sp³-hybridized carbons (Fsp3) is 0.500. The molecule has 2 aromatic carbocycles. The molecule has 0 spiro atoms. The lowest BCUT2D eigenvalue weighted by molar-refractivity contribution is -0.139. The van der Waals surface area contributed by atoms with Crippen LogP contribution in [0, 0.1) is 5.82 Å². The number of thioether (sulfide) groups is 1. The SMILES string of the molecule is CC(C)(CCCCSc1ccc(CNCCCO[P+](=O)O)cc1C(F)(F)F)c1ccccc1F. The van der Waals surface area contributed by atoms with Crippen LogP contribution in [0.1, 0.15) is 56.2 Å². The zero-order valence-electron chi connectivity index (χ0n) is 19.3. The maximum absolute atomic E-state index is 14.1. The monoisotopic (exact) mass is 520 g/mol. The van der Waals surface area contributed by atoms with Crippen LogP contribution in [0.4, 0.5) is 17.6 Å². The van der Waals surface area contributed by atoms with E-state index < -0.39 is 20.0 Å². The van der Waals surface area contributed by atoms with Gasteiger partial charge in [-0.2, -0.15) is 13.2 Å². The third kappa shape index (κ3) is 9.62. The van der Waals surface area contributed by atoms with Crippen LogP contribution in [-0.2, 0) is 27.2 Å². The number of halogens is 4. The van der Waals surface area contributed by atoms with Crippen LogP contribution in [0.2, 0.25) is 0 Å². The van der Waals surface area contributed by atoms with Crippen LogP contribution in [0.3, 0.4) is 0 Å². The number of rotatable bonds is 14. The van der Waals surface area contributed by atoms with Gasteiger partial charge in [0.15, 0.2) is 0 Å². The van der Waals surface area contributed by atoms with Crippen LogP contribution in [-0.4, -0.2) is 23.8 Å². The summed E-state index contributed by atoms with van der Waals surface area (Å²) >= 11 is 1.19. The highest BCUT2D eigenvalue weighted by atomic mass is 32.2. The lowest BCUT2D eigenvalue weighted by Crippen LogP contribution is -2.18. The molecule has 0 aromatic heterocycles. The van der Waals surface area contributed by atoms with Crippen molar-refractivity contribution < 1.29 is 31.5 Å². The fourth-order valence-electron chi connectivity index (χ4n) is 3.60. The first kappa shape index (κ1) is 28.7. The van der Waals surface area contributed by atoms with Crippen LogP contribution >= 0.6 is 20.0 Å². The summed E-state index contributed by atoms with van der Waals surface area (Å²) in [7, 11) is -2.63. The van der Waals surface area contributed by atoms with Crippen molar-refractivity contribution in [1.82, 2.24) is 5.32 Å². The summed E-state index contributed by atoms with van der Waals surface area (Å²) in [6, 6.07) is 11.0. The van der Waals surface area contributed by atoms with Crippen LogP contribution < -0.4 is 5.32 Å². The van der Waals surface area contributed by atoms with Gasteiger partial charge in [0.05, 0.1) is 5.56 Å². The molecule has 4 nitrogen and oxygen atoms in total. The summed E-state index contributed by atoms with van der Waals surface area (Å²) < 4.78 is 69.9. The molecule has 1 unspecified atom stereocenters. The second-order valence-electron chi connectivity index (χ2n) is 8.60. The first-order chi connectivity index (χ1) is 16.0. The van der Waals surface area contributed by atoms with E-state index in [-0.39, 0.29) is 29.3 Å². The fourth-order valence-corrected chi connectivity index (χ4v) is 4.95.